The molecule has 0 aromatic heterocycles. The number of hydrogen-bond acceptors (Lipinski definition) is 4. The van der Waals surface area contributed by atoms with Crippen LogP contribution in [0.4, 0.5) is 0 Å². The monoisotopic (exact) mass is 368 g/mol. The van der Waals surface area contributed by atoms with E-state index in [4.69, 9.17) is 9.47 Å². The van der Waals surface area contributed by atoms with Gasteiger partial charge in [0.05, 0.1) is 25.0 Å². The third kappa shape index (κ3) is 9.59. The minimum Gasteiger partial charge on any atom is -0.465 e. The van der Waals surface area contributed by atoms with Gasteiger partial charge in [0.15, 0.2) is 0 Å². The zero-order valence-electron chi connectivity index (χ0n) is 17.3. The Balaban J connectivity index is 2.29. The summed E-state index contributed by atoms with van der Waals surface area (Å²) in [6, 6.07) is 0. The molecule has 2 atom stereocenters. The van der Waals surface area contributed by atoms with E-state index in [9.17, 15) is 9.59 Å². The maximum atomic E-state index is 12.4. The Kier molecular flexibility index (Phi) is 12.4. The molecular weight excluding hydrogens is 328 g/mol. The molecule has 1 rings (SSSR count). The second-order valence-electron chi connectivity index (χ2n) is 8.14. The molecule has 4 nitrogen and oxygen atoms in total. The van der Waals surface area contributed by atoms with Crippen LogP contribution in [0.1, 0.15) is 97.8 Å². The summed E-state index contributed by atoms with van der Waals surface area (Å²) in [7, 11) is 0. The number of ether oxygens (including phenoxy) is 2. The molecule has 0 radical (unpaired) electrons. The van der Waals surface area contributed by atoms with Crippen molar-refractivity contribution in [2.75, 3.05) is 13.2 Å². The molecule has 1 fully saturated rings. The normalized spacial score (nSPS) is 20.2. The largest absolute Gasteiger partial charge is 0.465 e. The molecule has 0 N–H and O–H groups in total. The van der Waals surface area contributed by atoms with Crippen molar-refractivity contribution in [2.45, 2.75) is 97.8 Å². The van der Waals surface area contributed by atoms with Crippen molar-refractivity contribution in [3.05, 3.63) is 0 Å². The van der Waals surface area contributed by atoms with Crippen molar-refractivity contribution >= 4 is 11.9 Å². The Labute approximate surface area is 160 Å². The van der Waals surface area contributed by atoms with Crippen LogP contribution in [-0.2, 0) is 19.1 Å². The highest BCUT2D eigenvalue weighted by atomic mass is 16.5. The van der Waals surface area contributed by atoms with Gasteiger partial charge in [-0.1, -0.05) is 72.1 Å². The van der Waals surface area contributed by atoms with Crippen LogP contribution >= 0.6 is 0 Å². The van der Waals surface area contributed by atoms with Gasteiger partial charge in [-0.25, -0.2) is 0 Å². The Morgan fingerprint density at radius 2 is 1.31 bits per heavy atom. The van der Waals surface area contributed by atoms with E-state index in [1.807, 2.05) is 0 Å². The summed E-state index contributed by atoms with van der Waals surface area (Å²) < 4.78 is 10.9. The second-order valence-corrected chi connectivity index (χ2v) is 8.14. The average Bonchev–Trinajstić information content (AvgIpc) is 2.63. The summed E-state index contributed by atoms with van der Waals surface area (Å²) in [6.45, 7) is 7.58. The molecule has 0 spiro atoms. The Morgan fingerprint density at radius 1 is 0.808 bits per heavy atom. The van der Waals surface area contributed by atoms with Crippen molar-refractivity contribution in [3.63, 3.8) is 0 Å². The highest BCUT2D eigenvalue weighted by Gasteiger charge is 2.37. The van der Waals surface area contributed by atoms with Crippen LogP contribution in [0.15, 0.2) is 0 Å². The van der Waals surface area contributed by atoms with Gasteiger partial charge in [-0.05, 0) is 31.6 Å². The van der Waals surface area contributed by atoms with Crippen LogP contribution in [-0.4, -0.2) is 25.2 Å². The van der Waals surface area contributed by atoms with E-state index in [0.717, 1.165) is 57.3 Å². The summed E-state index contributed by atoms with van der Waals surface area (Å²) in [6.07, 6.45) is 12.3. The van der Waals surface area contributed by atoms with E-state index in [-0.39, 0.29) is 23.8 Å². The summed E-state index contributed by atoms with van der Waals surface area (Å²) in [5, 5.41) is 0. The first-order valence-corrected chi connectivity index (χ1v) is 10.9. The molecule has 0 saturated heterocycles. The van der Waals surface area contributed by atoms with E-state index in [0.29, 0.717) is 13.2 Å². The highest BCUT2D eigenvalue weighted by Crippen LogP contribution is 2.32. The maximum absolute atomic E-state index is 12.4. The Hall–Kier alpha value is -1.06. The molecule has 0 aromatic rings. The topological polar surface area (TPSA) is 52.6 Å². The average molecular weight is 369 g/mol. The summed E-state index contributed by atoms with van der Waals surface area (Å²) in [5.41, 5.74) is 0. The van der Waals surface area contributed by atoms with E-state index >= 15 is 0 Å². The van der Waals surface area contributed by atoms with Crippen molar-refractivity contribution in [1.82, 2.24) is 0 Å². The quantitative estimate of drug-likeness (QED) is 0.310. The third-order valence-electron chi connectivity index (χ3n) is 5.28. The minimum atomic E-state index is -0.303. The number of esters is 2. The zero-order valence-corrected chi connectivity index (χ0v) is 17.3. The lowest BCUT2D eigenvalue weighted by Crippen LogP contribution is -2.35. The van der Waals surface area contributed by atoms with Gasteiger partial charge in [-0.2, -0.15) is 0 Å². The van der Waals surface area contributed by atoms with E-state index in [2.05, 4.69) is 20.8 Å². The number of carbonyl (C=O) groups is 2. The van der Waals surface area contributed by atoms with Crippen LogP contribution in [0, 0.1) is 17.8 Å². The van der Waals surface area contributed by atoms with Gasteiger partial charge in [0.1, 0.15) is 0 Å². The first kappa shape index (κ1) is 23.0. The van der Waals surface area contributed by atoms with Gasteiger partial charge in [-0.3, -0.25) is 9.59 Å². The fraction of sp³-hybridized carbons (Fsp3) is 0.909. The Morgan fingerprint density at radius 3 is 1.77 bits per heavy atom. The molecule has 0 aliphatic heterocycles. The van der Waals surface area contributed by atoms with Crippen LogP contribution < -0.4 is 0 Å². The molecule has 152 valence electrons. The van der Waals surface area contributed by atoms with Gasteiger partial charge in [0.25, 0.3) is 0 Å². The summed E-state index contributed by atoms with van der Waals surface area (Å²) in [4.78, 5) is 24.8. The van der Waals surface area contributed by atoms with Gasteiger partial charge in [-0.15, -0.1) is 0 Å². The van der Waals surface area contributed by atoms with Crippen molar-refractivity contribution < 1.29 is 19.1 Å². The lowest BCUT2D eigenvalue weighted by molar-refractivity contribution is -0.163. The first-order valence-electron chi connectivity index (χ1n) is 10.9. The number of unbranched alkanes of at least 4 members (excludes halogenated alkanes) is 5. The smallest absolute Gasteiger partial charge is 0.309 e. The van der Waals surface area contributed by atoms with Crippen LogP contribution in [0.2, 0.25) is 0 Å². The second kappa shape index (κ2) is 14.1. The molecule has 1 saturated carbocycles. The molecule has 26 heavy (non-hydrogen) atoms. The van der Waals surface area contributed by atoms with Crippen LogP contribution in [0.5, 0.6) is 0 Å². The molecule has 0 heterocycles. The third-order valence-corrected chi connectivity index (χ3v) is 5.28. The van der Waals surface area contributed by atoms with Crippen LogP contribution in [0.3, 0.4) is 0 Å². The van der Waals surface area contributed by atoms with Crippen molar-refractivity contribution in [2.24, 2.45) is 17.8 Å². The number of rotatable bonds is 13. The lowest BCUT2D eigenvalue weighted by atomic mass is 9.79. The molecule has 0 amide bonds. The number of carbonyl (C=O) groups excluding carboxylic acids is 2. The van der Waals surface area contributed by atoms with Crippen LogP contribution in [0.25, 0.3) is 0 Å². The summed E-state index contributed by atoms with van der Waals surface area (Å²) >= 11 is 0. The van der Waals surface area contributed by atoms with E-state index in [1.165, 1.54) is 25.7 Å². The minimum absolute atomic E-state index is 0.193. The van der Waals surface area contributed by atoms with Gasteiger partial charge < -0.3 is 9.47 Å². The Bertz CT molecular complexity index is 392. The van der Waals surface area contributed by atoms with Gasteiger partial charge in [0.2, 0.25) is 0 Å². The fourth-order valence-corrected chi connectivity index (χ4v) is 3.61. The SMILES string of the molecule is CCCCCCOC(=O)C1CCCCC1C(=O)OCCCCCC(C)C. The summed E-state index contributed by atoms with van der Waals surface area (Å²) in [5.74, 6) is -0.263. The zero-order chi connectivity index (χ0) is 19.2. The van der Waals surface area contributed by atoms with Crippen molar-refractivity contribution in [3.8, 4) is 0 Å². The maximum Gasteiger partial charge on any atom is 0.309 e. The fourth-order valence-electron chi connectivity index (χ4n) is 3.61. The standard InChI is InChI=1S/C22H40O4/c1-4-5-6-11-16-25-21(23)19-14-9-10-15-20(19)22(24)26-17-12-7-8-13-18(2)3/h18-20H,4-17H2,1-3H3. The predicted octanol–water partition coefficient (Wildman–Crippen LogP) is 5.68. The van der Waals surface area contributed by atoms with E-state index < -0.39 is 0 Å². The predicted molar refractivity (Wildman–Crippen MR) is 105 cm³/mol. The highest BCUT2D eigenvalue weighted by molar-refractivity contribution is 5.82. The number of hydrogen-bond donors (Lipinski definition) is 0. The first-order chi connectivity index (χ1) is 12.6. The molecule has 1 aliphatic rings. The van der Waals surface area contributed by atoms with Gasteiger partial charge in [0, 0.05) is 0 Å². The molecule has 0 bridgehead atoms. The molecular formula is C22H40O4. The van der Waals surface area contributed by atoms with Crippen molar-refractivity contribution in [1.29, 1.82) is 0 Å². The molecule has 0 aromatic carbocycles. The lowest BCUT2D eigenvalue weighted by Gasteiger charge is -2.28. The molecule has 2 unspecified atom stereocenters. The molecule has 1 aliphatic carbocycles. The molecule has 4 heteroatoms. The van der Waals surface area contributed by atoms with Gasteiger partial charge >= 0.3 is 11.9 Å². The van der Waals surface area contributed by atoms with E-state index in [1.54, 1.807) is 0 Å².